The van der Waals surface area contributed by atoms with E-state index in [9.17, 15) is 4.79 Å². The van der Waals surface area contributed by atoms with Crippen LogP contribution < -0.4 is 10.1 Å². The van der Waals surface area contributed by atoms with Crippen LogP contribution in [0.4, 0.5) is 0 Å². The van der Waals surface area contributed by atoms with E-state index in [2.05, 4.69) is 25.3 Å². The highest BCUT2D eigenvalue weighted by atomic mass is 16.5. The predicted octanol–water partition coefficient (Wildman–Crippen LogP) is 5.43. The summed E-state index contributed by atoms with van der Waals surface area (Å²) in [6.07, 6.45) is 8.49. The number of fused-ring (bicyclic) bond motifs is 1. The zero-order chi connectivity index (χ0) is 24.2. The molecule has 0 saturated carbocycles. The molecule has 1 N–H and O–H groups in total. The largest absolute Gasteiger partial charge is 0.456 e. The molecule has 0 bridgehead atoms. The Balaban J connectivity index is 1.41. The number of rotatable bonds is 6. The monoisotopic (exact) mass is 461 g/mol. The van der Waals surface area contributed by atoms with E-state index in [4.69, 9.17) is 4.74 Å². The van der Waals surface area contributed by atoms with Crippen LogP contribution >= 0.6 is 0 Å². The molecule has 172 valence electrons. The minimum absolute atomic E-state index is 0.159. The van der Waals surface area contributed by atoms with Crippen LogP contribution in [0.1, 0.15) is 27.2 Å². The minimum atomic E-state index is -0.159. The number of carbonyl (C=O) groups is 1. The number of nitrogens with one attached hydrogen (secondary N) is 1. The molecule has 0 fully saturated rings. The molecule has 3 heterocycles. The lowest BCUT2D eigenvalue weighted by Crippen LogP contribution is -2.23. The van der Waals surface area contributed by atoms with Gasteiger partial charge in [0.25, 0.3) is 5.91 Å². The minimum Gasteiger partial charge on any atom is -0.456 e. The van der Waals surface area contributed by atoms with E-state index in [1.165, 1.54) is 0 Å². The molecule has 1 amide bonds. The summed E-state index contributed by atoms with van der Waals surface area (Å²) in [6.45, 7) is 4.24. The van der Waals surface area contributed by atoms with Gasteiger partial charge in [0, 0.05) is 59.6 Å². The number of pyridine rings is 2. The maximum atomic E-state index is 12.9. The summed E-state index contributed by atoms with van der Waals surface area (Å²) in [4.78, 5) is 30.2. The number of nitrogens with zero attached hydrogens (tertiary/aromatic N) is 4. The molecule has 2 aromatic carbocycles. The number of hydrogen-bond acceptors (Lipinski definition) is 6. The van der Waals surface area contributed by atoms with E-state index < -0.39 is 0 Å². The Bertz CT molecular complexity index is 1520. The zero-order valence-corrected chi connectivity index (χ0v) is 19.4. The van der Waals surface area contributed by atoms with Crippen molar-refractivity contribution >= 4 is 16.8 Å². The smallest absolute Gasteiger partial charge is 0.251 e. The van der Waals surface area contributed by atoms with Crippen molar-refractivity contribution in [2.24, 2.45) is 0 Å². The van der Waals surface area contributed by atoms with Gasteiger partial charge in [0.15, 0.2) is 0 Å². The van der Waals surface area contributed by atoms with Crippen molar-refractivity contribution < 1.29 is 9.53 Å². The first-order valence-electron chi connectivity index (χ1n) is 11.2. The lowest BCUT2D eigenvalue weighted by atomic mass is 10.1. The van der Waals surface area contributed by atoms with E-state index in [0.717, 1.165) is 39.0 Å². The molecule has 0 aliphatic carbocycles. The van der Waals surface area contributed by atoms with Crippen molar-refractivity contribution in [3.05, 3.63) is 108 Å². The van der Waals surface area contributed by atoms with Gasteiger partial charge in [0.2, 0.25) is 0 Å². The van der Waals surface area contributed by atoms with E-state index in [1.807, 2.05) is 62.4 Å². The molecule has 0 atom stereocenters. The number of aryl methyl sites for hydroxylation is 1. The maximum absolute atomic E-state index is 12.9. The van der Waals surface area contributed by atoms with Crippen LogP contribution in [0.25, 0.3) is 22.2 Å². The third kappa shape index (κ3) is 4.70. The highest BCUT2D eigenvalue weighted by molar-refractivity contribution is 5.96. The quantitative estimate of drug-likeness (QED) is 0.363. The Labute approximate surface area is 202 Å². The molecular weight excluding hydrogens is 438 g/mol. The Morgan fingerprint density at radius 1 is 0.857 bits per heavy atom. The van der Waals surface area contributed by atoms with Crippen LogP contribution in [0.15, 0.2) is 85.6 Å². The highest BCUT2D eigenvalue weighted by Gasteiger charge is 2.15. The molecule has 0 aliphatic heterocycles. The third-order valence-corrected chi connectivity index (χ3v) is 5.81. The van der Waals surface area contributed by atoms with Crippen LogP contribution in [0, 0.1) is 13.8 Å². The first kappa shape index (κ1) is 22.2. The molecule has 0 unspecified atom stereocenters. The molecule has 0 radical (unpaired) electrons. The fourth-order valence-corrected chi connectivity index (χ4v) is 3.92. The summed E-state index contributed by atoms with van der Waals surface area (Å²) in [6, 6.07) is 17.0. The molecular formula is C28H23N5O2. The van der Waals surface area contributed by atoms with Crippen molar-refractivity contribution in [3.8, 4) is 22.8 Å². The number of ether oxygens (including phenoxy) is 1. The van der Waals surface area contributed by atoms with Gasteiger partial charge in [0.05, 0.1) is 16.9 Å². The van der Waals surface area contributed by atoms with Gasteiger partial charge in [-0.2, -0.15) is 0 Å². The van der Waals surface area contributed by atoms with Crippen molar-refractivity contribution in [1.82, 2.24) is 25.3 Å². The average Bonchev–Trinajstić information content (AvgIpc) is 2.89. The standard InChI is InChI=1S/C28H23N5O2/c1-18-22(28(34)33-17-20-8-11-29-12-9-20)4-3-5-25(18)35-26-10-13-31-24-16-21(6-7-23(24)26)27-19(2)30-14-15-32-27/h3-16H,17H2,1-2H3,(H,33,34). The number of amides is 1. The van der Waals surface area contributed by atoms with Gasteiger partial charge in [-0.1, -0.05) is 12.1 Å². The second kappa shape index (κ2) is 9.69. The Kier molecular flexibility index (Phi) is 6.13. The second-order valence-corrected chi connectivity index (χ2v) is 8.10. The van der Waals surface area contributed by atoms with Crippen molar-refractivity contribution in [2.75, 3.05) is 0 Å². The van der Waals surface area contributed by atoms with E-state index >= 15 is 0 Å². The molecule has 0 spiro atoms. The normalized spacial score (nSPS) is 10.8. The molecule has 0 aliphatic rings. The molecule has 5 rings (SSSR count). The van der Waals surface area contributed by atoms with Gasteiger partial charge < -0.3 is 10.1 Å². The van der Waals surface area contributed by atoms with Crippen LogP contribution in [-0.4, -0.2) is 25.8 Å². The number of carbonyl (C=O) groups excluding carboxylic acids is 1. The Hall–Kier alpha value is -4.65. The van der Waals surface area contributed by atoms with Gasteiger partial charge in [-0.3, -0.25) is 24.7 Å². The van der Waals surface area contributed by atoms with Gasteiger partial charge >= 0.3 is 0 Å². The van der Waals surface area contributed by atoms with E-state index in [-0.39, 0.29) is 5.91 Å². The van der Waals surface area contributed by atoms with Gasteiger partial charge in [-0.15, -0.1) is 0 Å². The van der Waals surface area contributed by atoms with Crippen LogP contribution in [0.3, 0.4) is 0 Å². The topological polar surface area (TPSA) is 89.9 Å². The van der Waals surface area contributed by atoms with Gasteiger partial charge in [0.1, 0.15) is 11.5 Å². The highest BCUT2D eigenvalue weighted by Crippen LogP contribution is 2.33. The SMILES string of the molecule is Cc1nccnc1-c1ccc2c(Oc3cccc(C(=O)NCc4ccncc4)c3C)ccnc2c1. The fourth-order valence-electron chi connectivity index (χ4n) is 3.92. The maximum Gasteiger partial charge on any atom is 0.251 e. The summed E-state index contributed by atoms with van der Waals surface area (Å²) in [5.74, 6) is 1.12. The molecule has 35 heavy (non-hydrogen) atoms. The number of hydrogen-bond donors (Lipinski definition) is 1. The molecule has 7 heteroatoms. The third-order valence-electron chi connectivity index (χ3n) is 5.81. The van der Waals surface area contributed by atoms with E-state index in [1.54, 1.807) is 37.1 Å². The lowest BCUT2D eigenvalue weighted by Gasteiger charge is -2.14. The zero-order valence-electron chi connectivity index (χ0n) is 19.4. The van der Waals surface area contributed by atoms with Gasteiger partial charge in [-0.25, -0.2) is 0 Å². The lowest BCUT2D eigenvalue weighted by molar-refractivity contribution is 0.0950. The molecule has 0 saturated heterocycles. The first-order chi connectivity index (χ1) is 17.1. The predicted molar refractivity (Wildman–Crippen MR) is 134 cm³/mol. The number of aromatic nitrogens is 4. The van der Waals surface area contributed by atoms with Crippen molar-refractivity contribution in [2.45, 2.75) is 20.4 Å². The number of benzene rings is 2. The Morgan fingerprint density at radius 3 is 2.51 bits per heavy atom. The summed E-state index contributed by atoms with van der Waals surface area (Å²) < 4.78 is 6.29. The molecule has 5 aromatic rings. The first-order valence-corrected chi connectivity index (χ1v) is 11.2. The van der Waals surface area contributed by atoms with Crippen LogP contribution in [0.5, 0.6) is 11.5 Å². The average molecular weight is 462 g/mol. The van der Waals surface area contributed by atoms with Crippen LogP contribution in [-0.2, 0) is 6.54 Å². The summed E-state index contributed by atoms with van der Waals surface area (Å²) in [7, 11) is 0. The second-order valence-electron chi connectivity index (χ2n) is 8.10. The summed E-state index contributed by atoms with van der Waals surface area (Å²) >= 11 is 0. The van der Waals surface area contributed by atoms with Gasteiger partial charge in [-0.05, 0) is 61.9 Å². The summed E-state index contributed by atoms with van der Waals surface area (Å²) in [5.41, 5.74) is 5.72. The van der Waals surface area contributed by atoms with Crippen LogP contribution in [0.2, 0.25) is 0 Å². The summed E-state index contributed by atoms with van der Waals surface area (Å²) in [5, 5.41) is 3.83. The molecule has 3 aromatic heterocycles. The van der Waals surface area contributed by atoms with Crippen molar-refractivity contribution in [3.63, 3.8) is 0 Å². The molecule has 7 nitrogen and oxygen atoms in total. The van der Waals surface area contributed by atoms with Crippen molar-refractivity contribution in [1.29, 1.82) is 0 Å². The Morgan fingerprint density at radius 2 is 1.69 bits per heavy atom. The van der Waals surface area contributed by atoms with E-state index in [0.29, 0.717) is 23.6 Å². The fraction of sp³-hybridized carbons (Fsp3) is 0.107.